The minimum atomic E-state index is 0.0997. The van der Waals surface area contributed by atoms with E-state index in [0.717, 1.165) is 70.4 Å². The Labute approximate surface area is 199 Å². The normalized spacial score (nSPS) is 34.7. The Hall–Kier alpha value is -1.44. The quantitative estimate of drug-likeness (QED) is 0.659. The number of aromatic nitrogens is 2. The SMILES string of the molecule is Cc1nccn1CC1CC(C(=O)NC(C2CC2)C2CC(C)CCN2)CC(N2CCOCC2)C1. The van der Waals surface area contributed by atoms with Crippen molar-refractivity contribution in [3.05, 3.63) is 18.2 Å². The summed E-state index contributed by atoms with van der Waals surface area (Å²) >= 11 is 0. The van der Waals surface area contributed by atoms with Crippen LogP contribution in [-0.2, 0) is 16.1 Å². The third-order valence-electron chi connectivity index (χ3n) is 8.66. The Morgan fingerprint density at radius 2 is 2.03 bits per heavy atom. The van der Waals surface area contributed by atoms with E-state index in [1.165, 1.54) is 25.7 Å². The van der Waals surface area contributed by atoms with Gasteiger partial charge in [0.25, 0.3) is 0 Å². The summed E-state index contributed by atoms with van der Waals surface area (Å²) in [5, 5.41) is 7.33. The summed E-state index contributed by atoms with van der Waals surface area (Å²) in [7, 11) is 0. The topological polar surface area (TPSA) is 71.4 Å². The largest absolute Gasteiger partial charge is 0.379 e. The maximum absolute atomic E-state index is 13.7. The summed E-state index contributed by atoms with van der Waals surface area (Å²) in [4.78, 5) is 20.7. The van der Waals surface area contributed by atoms with Gasteiger partial charge in [0.1, 0.15) is 5.82 Å². The van der Waals surface area contributed by atoms with E-state index in [2.05, 4.69) is 45.1 Å². The van der Waals surface area contributed by atoms with E-state index in [-0.39, 0.29) is 5.92 Å². The monoisotopic (exact) mass is 457 g/mol. The molecule has 1 aromatic heterocycles. The maximum atomic E-state index is 13.7. The summed E-state index contributed by atoms with van der Waals surface area (Å²) < 4.78 is 7.88. The van der Waals surface area contributed by atoms with E-state index in [1.54, 1.807) is 0 Å². The van der Waals surface area contributed by atoms with Crippen LogP contribution in [0.2, 0.25) is 0 Å². The molecule has 2 aliphatic carbocycles. The summed E-state index contributed by atoms with van der Waals surface area (Å²) in [6, 6.07) is 1.21. The summed E-state index contributed by atoms with van der Waals surface area (Å²) in [5.41, 5.74) is 0. The molecule has 6 unspecified atom stereocenters. The van der Waals surface area contributed by atoms with Crippen LogP contribution in [0.1, 0.15) is 57.7 Å². The Balaban J connectivity index is 1.27. The number of aryl methyl sites for hydroxylation is 1. The maximum Gasteiger partial charge on any atom is 0.223 e. The summed E-state index contributed by atoms with van der Waals surface area (Å²) in [6.45, 7) is 10.1. The van der Waals surface area contributed by atoms with E-state index in [4.69, 9.17) is 4.74 Å². The van der Waals surface area contributed by atoms with E-state index in [9.17, 15) is 4.79 Å². The molecule has 1 aromatic rings. The summed E-state index contributed by atoms with van der Waals surface area (Å²) in [6.07, 6.45) is 12.1. The number of nitrogens with one attached hydrogen (secondary N) is 2. The molecule has 184 valence electrons. The molecular weight excluding hydrogens is 414 g/mol. The number of hydrogen-bond acceptors (Lipinski definition) is 5. The lowest BCUT2D eigenvalue weighted by Gasteiger charge is -2.43. The second kappa shape index (κ2) is 10.4. The lowest BCUT2D eigenvalue weighted by atomic mass is 9.77. The number of nitrogens with zero attached hydrogens (tertiary/aromatic N) is 3. The molecule has 4 fully saturated rings. The number of morpholine rings is 1. The average Bonchev–Trinajstić information content (AvgIpc) is 3.60. The Bertz CT molecular complexity index is 787. The van der Waals surface area contributed by atoms with Crippen LogP contribution in [0.15, 0.2) is 12.4 Å². The van der Waals surface area contributed by atoms with Gasteiger partial charge in [-0.05, 0) is 76.2 Å². The molecule has 2 saturated heterocycles. The molecule has 4 aliphatic rings. The molecule has 0 aromatic carbocycles. The second-order valence-corrected chi connectivity index (χ2v) is 11.3. The highest BCUT2D eigenvalue weighted by Crippen LogP contribution is 2.38. The van der Waals surface area contributed by atoms with Gasteiger partial charge in [-0.3, -0.25) is 9.69 Å². The van der Waals surface area contributed by atoms with Gasteiger partial charge in [-0.25, -0.2) is 4.98 Å². The molecule has 7 heteroatoms. The van der Waals surface area contributed by atoms with Crippen LogP contribution in [0, 0.1) is 30.6 Å². The minimum absolute atomic E-state index is 0.0997. The number of carbonyl (C=O) groups excluding carboxylic acids is 1. The van der Waals surface area contributed by atoms with Gasteiger partial charge in [0.2, 0.25) is 5.91 Å². The van der Waals surface area contributed by atoms with Crippen molar-refractivity contribution in [3.8, 4) is 0 Å². The van der Waals surface area contributed by atoms with Crippen LogP contribution in [0.4, 0.5) is 0 Å². The Morgan fingerprint density at radius 3 is 2.73 bits per heavy atom. The molecule has 1 amide bonds. The van der Waals surface area contributed by atoms with Crippen LogP contribution in [0.3, 0.4) is 0 Å². The standard InChI is InChI=1S/C26H43N5O2/c1-18-5-6-28-24(13-18)25(21-3-4-21)29-26(32)22-14-20(17-31-8-7-27-19(31)2)15-23(16-22)30-9-11-33-12-10-30/h7-8,18,20-25,28H,3-6,9-17H2,1-2H3,(H,29,32). The molecule has 0 spiro atoms. The highest BCUT2D eigenvalue weighted by atomic mass is 16.5. The van der Waals surface area contributed by atoms with Gasteiger partial charge in [0.05, 0.1) is 13.2 Å². The van der Waals surface area contributed by atoms with Crippen molar-refractivity contribution in [1.82, 2.24) is 25.1 Å². The molecule has 2 N–H and O–H groups in total. The van der Waals surface area contributed by atoms with E-state index in [0.29, 0.717) is 35.9 Å². The number of rotatable bonds is 7. The Morgan fingerprint density at radius 1 is 1.21 bits per heavy atom. The van der Waals surface area contributed by atoms with Crippen molar-refractivity contribution in [2.24, 2.45) is 23.7 Å². The first-order chi connectivity index (χ1) is 16.1. The molecule has 2 aliphatic heterocycles. The predicted octanol–water partition coefficient (Wildman–Crippen LogP) is 2.59. The van der Waals surface area contributed by atoms with E-state index >= 15 is 0 Å². The molecule has 0 radical (unpaired) electrons. The Kier molecular flexibility index (Phi) is 7.38. The molecule has 0 bridgehead atoms. The molecule has 2 saturated carbocycles. The van der Waals surface area contributed by atoms with Gasteiger partial charge in [-0.15, -0.1) is 0 Å². The van der Waals surface area contributed by atoms with Crippen LogP contribution in [0.25, 0.3) is 0 Å². The lowest BCUT2D eigenvalue weighted by molar-refractivity contribution is -0.129. The average molecular weight is 458 g/mol. The van der Waals surface area contributed by atoms with Gasteiger partial charge in [0.15, 0.2) is 0 Å². The van der Waals surface area contributed by atoms with Crippen molar-refractivity contribution < 1.29 is 9.53 Å². The third-order valence-corrected chi connectivity index (χ3v) is 8.66. The fourth-order valence-corrected chi connectivity index (χ4v) is 6.59. The zero-order valence-corrected chi connectivity index (χ0v) is 20.5. The first-order valence-electron chi connectivity index (χ1n) is 13.4. The number of imidazole rings is 1. The zero-order valence-electron chi connectivity index (χ0n) is 20.5. The number of hydrogen-bond donors (Lipinski definition) is 2. The van der Waals surface area contributed by atoms with Gasteiger partial charge in [-0.1, -0.05) is 6.92 Å². The molecule has 33 heavy (non-hydrogen) atoms. The van der Waals surface area contributed by atoms with Crippen LogP contribution >= 0.6 is 0 Å². The first-order valence-corrected chi connectivity index (χ1v) is 13.4. The smallest absolute Gasteiger partial charge is 0.223 e. The summed E-state index contributed by atoms with van der Waals surface area (Å²) in [5.74, 6) is 3.38. The van der Waals surface area contributed by atoms with Crippen molar-refractivity contribution in [2.45, 2.75) is 83.5 Å². The van der Waals surface area contributed by atoms with Gasteiger partial charge in [-0.2, -0.15) is 0 Å². The van der Waals surface area contributed by atoms with E-state index < -0.39 is 0 Å². The molecule has 7 nitrogen and oxygen atoms in total. The molecular formula is C26H43N5O2. The molecule has 3 heterocycles. The van der Waals surface area contributed by atoms with Gasteiger partial charge in [0, 0.05) is 56.1 Å². The second-order valence-electron chi connectivity index (χ2n) is 11.3. The van der Waals surface area contributed by atoms with Crippen molar-refractivity contribution in [2.75, 3.05) is 32.8 Å². The highest BCUT2D eigenvalue weighted by molar-refractivity contribution is 5.79. The van der Waals surface area contributed by atoms with E-state index in [1.807, 2.05) is 6.20 Å². The van der Waals surface area contributed by atoms with Crippen LogP contribution in [0.5, 0.6) is 0 Å². The third kappa shape index (κ3) is 5.80. The highest BCUT2D eigenvalue weighted by Gasteiger charge is 2.42. The lowest BCUT2D eigenvalue weighted by Crippen LogP contribution is -2.56. The zero-order chi connectivity index (χ0) is 22.8. The van der Waals surface area contributed by atoms with Crippen molar-refractivity contribution in [3.63, 3.8) is 0 Å². The fourth-order valence-electron chi connectivity index (χ4n) is 6.59. The van der Waals surface area contributed by atoms with Crippen LogP contribution < -0.4 is 10.6 Å². The minimum Gasteiger partial charge on any atom is -0.379 e. The molecule has 5 rings (SSSR count). The number of amides is 1. The van der Waals surface area contributed by atoms with Crippen molar-refractivity contribution in [1.29, 1.82) is 0 Å². The predicted molar refractivity (Wildman–Crippen MR) is 129 cm³/mol. The molecule has 6 atom stereocenters. The number of carbonyl (C=O) groups is 1. The van der Waals surface area contributed by atoms with Crippen molar-refractivity contribution >= 4 is 5.91 Å². The van der Waals surface area contributed by atoms with Crippen LogP contribution in [-0.4, -0.2) is 71.3 Å². The number of ether oxygens (including phenoxy) is 1. The number of piperidine rings is 1. The van der Waals surface area contributed by atoms with Gasteiger partial charge < -0.3 is 19.9 Å². The van der Waals surface area contributed by atoms with Gasteiger partial charge >= 0.3 is 0 Å². The first kappa shape index (κ1) is 23.3. The fraction of sp³-hybridized carbons (Fsp3) is 0.846.